The Labute approximate surface area is 106 Å². The van der Waals surface area contributed by atoms with Crippen molar-refractivity contribution in [1.29, 1.82) is 0 Å². The minimum Gasteiger partial charge on any atom is -0.381 e. The number of thiol groups is 1. The Kier molecular flexibility index (Phi) is 3.44. The minimum atomic E-state index is -0.744. The Morgan fingerprint density at radius 1 is 1.47 bits per heavy atom. The zero-order valence-corrected chi connectivity index (χ0v) is 10.5. The third-order valence-electron chi connectivity index (χ3n) is 3.20. The molecule has 0 unspecified atom stereocenters. The summed E-state index contributed by atoms with van der Waals surface area (Å²) in [4.78, 5) is 25.3. The van der Waals surface area contributed by atoms with E-state index < -0.39 is 5.54 Å². The van der Waals surface area contributed by atoms with E-state index in [2.05, 4.69) is 24.5 Å². The summed E-state index contributed by atoms with van der Waals surface area (Å²) in [6.07, 6.45) is 1.09. The lowest BCUT2D eigenvalue weighted by molar-refractivity contribution is -0.134. The van der Waals surface area contributed by atoms with E-state index in [1.165, 1.54) is 4.90 Å². The third kappa shape index (κ3) is 2.19. The smallest absolute Gasteiger partial charge is 0.325 e. The second-order valence-electron chi connectivity index (χ2n) is 4.42. The first-order chi connectivity index (χ1) is 8.09. The normalized spacial score (nSPS) is 23.0. The number of rotatable bonds is 3. The average molecular weight is 256 g/mol. The fraction of sp³-hybridized carbons (Fsp3) is 0.636. The molecule has 2 rings (SSSR count). The molecule has 0 bridgehead atoms. The first kappa shape index (κ1) is 12.4. The number of nitrogens with one attached hydrogen (secondary N) is 1. The number of urea groups is 1. The van der Waals surface area contributed by atoms with Crippen LogP contribution in [0.1, 0.15) is 12.8 Å². The molecule has 0 aromatic heterocycles. The summed E-state index contributed by atoms with van der Waals surface area (Å²) >= 11 is 4.08. The summed E-state index contributed by atoms with van der Waals surface area (Å²) in [5.41, 5.74) is 0.00704. The van der Waals surface area contributed by atoms with Crippen molar-refractivity contribution < 1.29 is 14.3 Å². The highest BCUT2D eigenvalue weighted by molar-refractivity contribution is 7.80. The summed E-state index contributed by atoms with van der Waals surface area (Å²) in [7, 11) is 0. The van der Waals surface area contributed by atoms with E-state index in [-0.39, 0.29) is 18.5 Å². The van der Waals surface area contributed by atoms with Gasteiger partial charge in [-0.2, -0.15) is 12.6 Å². The lowest BCUT2D eigenvalue weighted by Gasteiger charge is -2.30. The molecule has 1 spiro atoms. The van der Waals surface area contributed by atoms with Gasteiger partial charge in [-0.1, -0.05) is 6.58 Å². The molecule has 2 heterocycles. The van der Waals surface area contributed by atoms with Crippen LogP contribution in [0.3, 0.4) is 0 Å². The molecule has 3 amide bonds. The maximum atomic E-state index is 12.3. The van der Waals surface area contributed by atoms with Gasteiger partial charge in [0.25, 0.3) is 5.91 Å². The molecule has 0 saturated carbocycles. The van der Waals surface area contributed by atoms with Crippen molar-refractivity contribution in [2.45, 2.75) is 18.4 Å². The van der Waals surface area contributed by atoms with Crippen LogP contribution in [0.25, 0.3) is 0 Å². The van der Waals surface area contributed by atoms with E-state index in [4.69, 9.17) is 4.74 Å². The zero-order valence-electron chi connectivity index (χ0n) is 9.57. The van der Waals surface area contributed by atoms with Crippen molar-refractivity contribution in [2.24, 2.45) is 0 Å². The van der Waals surface area contributed by atoms with Crippen LogP contribution < -0.4 is 5.32 Å². The highest BCUT2D eigenvalue weighted by Crippen LogP contribution is 2.28. The molecule has 2 aliphatic heterocycles. The molecule has 6 heteroatoms. The zero-order chi connectivity index (χ0) is 12.5. The van der Waals surface area contributed by atoms with Crippen molar-refractivity contribution in [3.05, 3.63) is 12.2 Å². The Balaban J connectivity index is 2.13. The molecule has 2 saturated heterocycles. The molecule has 0 aromatic rings. The summed E-state index contributed by atoms with van der Waals surface area (Å²) in [5.74, 6) is 0.307. The molecule has 2 aliphatic rings. The van der Waals surface area contributed by atoms with Crippen molar-refractivity contribution in [2.75, 3.05) is 25.5 Å². The molecule has 0 radical (unpaired) electrons. The van der Waals surface area contributed by atoms with Gasteiger partial charge in [0.15, 0.2) is 0 Å². The molecule has 0 aromatic carbocycles. The Hall–Kier alpha value is -1.01. The van der Waals surface area contributed by atoms with Crippen LogP contribution in [0.15, 0.2) is 12.2 Å². The quantitative estimate of drug-likeness (QED) is 0.441. The molecule has 5 nitrogen and oxygen atoms in total. The molecule has 1 N–H and O–H groups in total. The molecular weight excluding hydrogens is 240 g/mol. The van der Waals surface area contributed by atoms with Crippen LogP contribution in [0, 0.1) is 0 Å². The minimum absolute atomic E-state index is 0.159. The van der Waals surface area contributed by atoms with Gasteiger partial charge in [-0.05, 0) is 5.57 Å². The van der Waals surface area contributed by atoms with Gasteiger partial charge >= 0.3 is 6.03 Å². The monoisotopic (exact) mass is 256 g/mol. The molecule has 0 aliphatic carbocycles. The predicted octanol–water partition coefficient (Wildman–Crippen LogP) is 0.573. The molecule has 94 valence electrons. The molecular formula is C11H16N2O3S. The van der Waals surface area contributed by atoms with Gasteiger partial charge in [0.2, 0.25) is 0 Å². The van der Waals surface area contributed by atoms with E-state index >= 15 is 0 Å². The number of hydrogen-bond acceptors (Lipinski definition) is 4. The maximum absolute atomic E-state index is 12.3. The number of amides is 3. The van der Waals surface area contributed by atoms with E-state index in [1.54, 1.807) is 0 Å². The summed E-state index contributed by atoms with van der Waals surface area (Å²) in [6, 6.07) is -0.333. The first-order valence-corrected chi connectivity index (χ1v) is 6.22. The van der Waals surface area contributed by atoms with Crippen LogP contribution in [0.5, 0.6) is 0 Å². The van der Waals surface area contributed by atoms with E-state index in [0.717, 1.165) is 5.57 Å². The number of nitrogens with zero attached hydrogens (tertiary/aromatic N) is 1. The van der Waals surface area contributed by atoms with Crippen LogP contribution in [-0.2, 0) is 9.53 Å². The van der Waals surface area contributed by atoms with Gasteiger partial charge in [0, 0.05) is 31.8 Å². The van der Waals surface area contributed by atoms with Gasteiger partial charge in [0.05, 0.1) is 6.54 Å². The van der Waals surface area contributed by atoms with Crippen LogP contribution in [0.2, 0.25) is 0 Å². The van der Waals surface area contributed by atoms with E-state index in [1.807, 2.05) is 0 Å². The van der Waals surface area contributed by atoms with Crippen LogP contribution in [0.4, 0.5) is 4.79 Å². The van der Waals surface area contributed by atoms with Crippen LogP contribution in [-0.4, -0.2) is 47.9 Å². The number of hydrogen-bond donors (Lipinski definition) is 2. The van der Waals surface area contributed by atoms with Crippen molar-refractivity contribution >= 4 is 24.6 Å². The predicted molar refractivity (Wildman–Crippen MR) is 66.0 cm³/mol. The summed E-state index contributed by atoms with van der Waals surface area (Å²) < 4.78 is 5.23. The van der Waals surface area contributed by atoms with Crippen molar-refractivity contribution in [1.82, 2.24) is 10.2 Å². The van der Waals surface area contributed by atoms with Gasteiger partial charge in [0.1, 0.15) is 5.54 Å². The Morgan fingerprint density at radius 2 is 2.12 bits per heavy atom. The average Bonchev–Trinajstić information content (AvgIpc) is 2.55. The van der Waals surface area contributed by atoms with Gasteiger partial charge in [-0.25, -0.2) is 4.79 Å². The summed E-state index contributed by atoms with van der Waals surface area (Å²) in [5, 5.41) is 2.79. The second kappa shape index (κ2) is 4.70. The Bertz CT molecular complexity index is 364. The van der Waals surface area contributed by atoms with E-state index in [0.29, 0.717) is 31.8 Å². The van der Waals surface area contributed by atoms with Gasteiger partial charge < -0.3 is 10.1 Å². The standard InChI is InChI=1S/C11H16N2O3S/c1-8(7-17)6-13-9(14)11(12-10(13)15)2-4-16-5-3-11/h17H,1-7H2,(H,12,15). The molecule has 2 fully saturated rings. The van der Waals surface area contributed by atoms with Crippen molar-refractivity contribution in [3.63, 3.8) is 0 Å². The fourth-order valence-corrected chi connectivity index (χ4v) is 2.25. The molecule has 0 atom stereocenters. The maximum Gasteiger partial charge on any atom is 0.325 e. The van der Waals surface area contributed by atoms with Crippen molar-refractivity contribution in [3.8, 4) is 0 Å². The number of ether oxygens (including phenoxy) is 1. The van der Waals surface area contributed by atoms with Gasteiger partial charge in [-0.3, -0.25) is 9.69 Å². The SMILES string of the molecule is C=C(CS)CN1C(=O)NC2(CCOCC2)C1=O. The largest absolute Gasteiger partial charge is 0.381 e. The number of carbonyl (C=O) groups excluding carboxylic acids is 2. The Morgan fingerprint density at radius 3 is 2.71 bits per heavy atom. The van der Waals surface area contributed by atoms with Gasteiger partial charge in [-0.15, -0.1) is 0 Å². The van der Waals surface area contributed by atoms with Crippen LogP contribution >= 0.6 is 12.6 Å². The highest BCUT2D eigenvalue weighted by atomic mass is 32.1. The highest BCUT2D eigenvalue weighted by Gasteiger charge is 2.51. The topological polar surface area (TPSA) is 58.6 Å². The number of imide groups is 1. The first-order valence-electron chi connectivity index (χ1n) is 5.58. The number of carbonyl (C=O) groups is 2. The second-order valence-corrected chi connectivity index (χ2v) is 4.74. The lowest BCUT2D eigenvalue weighted by atomic mass is 9.90. The fourth-order valence-electron chi connectivity index (χ4n) is 2.15. The summed E-state index contributed by atoms with van der Waals surface area (Å²) in [6.45, 7) is 5.03. The van der Waals surface area contributed by atoms with E-state index in [9.17, 15) is 9.59 Å². The third-order valence-corrected chi connectivity index (χ3v) is 3.64. The lowest BCUT2D eigenvalue weighted by Crippen LogP contribution is -2.51. The molecule has 17 heavy (non-hydrogen) atoms.